The van der Waals surface area contributed by atoms with E-state index in [9.17, 15) is 23.7 Å². The van der Waals surface area contributed by atoms with E-state index < -0.39 is 29.4 Å². The molecule has 1 fully saturated rings. The Morgan fingerprint density at radius 2 is 2.29 bits per heavy atom. The molecule has 9 heteroatoms. The van der Waals surface area contributed by atoms with Crippen LogP contribution in [0.5, 0.6) is 5.75 Å². The minimum atomic E-state index is -3.00. The standard InChI is InChI=1S/C12H11ClF2N2O4/c13-7-1-2-10(21-12(14)15)6(3-7)5-16-11(18)8-4-9(8)17(19)20/h1-3,8-9,12H,4-5H2,(H,16,18)/t8-,9-/m0/s1. The van der Waals surface area contributed by atoms with Crippen LogP contribution in [0, 0.1) is 16.0 Å². The lowest BCUT2D eigenvalue weighted by molar-refractivity contribution is -0.497. The lowest BCUT2D eigenvalue weighted by atomic mass is 10.2. The van der Waals surface area contributed by atoms with Crippen LogP contribution >= 0.6 is 11.6 Å². The van der Waals surface area contributed by atoms with Crippen LogP contribution in [-0.2, 0) is 11.3 Å². The topological polar surface area (TPSA) is 81.5 Å². The molecule has 2 rings (SSSR count). The summed E-state index contributed by atoms with van der Waals surface area (Å²) in [6.45, 7) is -3.09. The van der Waals surface area contributed by atoms with E-state index in [2.05, 4.69) is 10.1 Å². The van der Waals surface area contributed by atoms with Gasteiger partial charge in [-0.05, 0) is 18.2 Å². The van der Waals surface area contributed by atoms with Gasteiger partial charge in [-0.3, -0.25) is 14.9 Å². The fourth-order valence-corrected chi connectivity index (χ4v) is 2.10. The molecule has 0 heterocycles. The molecule has 1 aliphatic carbocycles. The molecule has 1 aromatic carbocycles. The summed E-state index contributed by atoms with van der Waals surface area (Å²) in [6, 6.07) is 3.18. The van der Waals surface area contributed by atoms with Crippen LogP contribution in [-0.4, -0.2) is 23.5 Å². The van der Waals surface area contributed by atoms with Crippen LogP contribution in [0.25, 0.3) is 0 Å². The molecule has 1 amide bonds. The normalized spacial score (nSPS) is 20.2. The van der Waals surface area contributed by atoms with E-state index >= 15 is 0 Å². The fraction of sp³-hybridized carbons (Fsp3) is 0.417. The van der Waals surface area contributed by atoms with Gasteiger partial charge < -0.3 is 10.1 Å². The van der Waals surface area contributed by atoms with Gasteiger partial charge >= 0.3 is 6.61 Å². The van der Waals surface area contributed by atoms with Gasteiger partial charge in [0.25, 0.3) is 0 Å². The zero-order valence-electron chi connectivity index (χ0n) is 10.6. The lowest BCUT2D eigenvalue weighted by Crippen LogP contribution is -2.27. The summed E-state index contributed by atoms with van der Waals surface area (Å²) in [4.78, 5) is 21.6. The average Bonchev–Trinajstić information content (AvgIpc) is 3.18. The molecule has 0 aliphatic heterocycles. The smallest absolute Gasteiger partial charge is 0.387 e. The highest BCUT2D eigenvalue weighted by Gasteiger charge is 2.53. The Balaban J connectivity index is 1.98. The first-order valence-corrected chi connectivity index (χ1v) is 6.40. The van der Waals surface area contributed by atoms with Crippen LogP contribution < -0.4 is 10.1 Å². The Bertz CT molecular complexity index is 570. The van der Waals surface area contributed by atoms with E-state index in [0.717, 1.165) is 0 Å². The van der Waals surface area contributed by atoms with Crippen molar-refractivity contribution < 1.29 is 23.2 Å². The van der Waals surface area contributed by atoms with Gasteiger partial charge in [0.05, 0.1) is 0 Å². The molecule has 6 nitrogen and oxygen atoms in total. The van der Waals surface area contributed by atoms with Gasteiger partial charge in [-0.1, -0.05) is 11.6 Å². The van der Waals surface area contributed by atoms with Crippen molar-refractivity contribution in [3.63, 3.8) is 0 Å². The maximum atomic E-state index is 12.3. The van der Waals surface area contributed by atoms with E-state index in [-0.39, 0.29) is 24.3 Å². The quantitative estimate of drug-likeness (QED) is 0.643. The third kappa shape index (κ3) is 4.01. The Labute approximate surface area is 123 Å². The highest BCUT2D eigenvalue weighted by molar-refractivity contribution is 6.30. The predicted molar refractivity (Wildman–Crippen MR) is 68.8 cm³/mol. The second kappa shape index (κ2) is 6.21. The van der Waals surface area contributed by atoms with Crippen LogP contribution in [0.2, 0.25) is 5.02 Å². The summed E-state index contributed by atoms with van der Waals surface area (Å²) in [5, 5.41) is 13.2. The van der Waals surface area contributed by atoms with Crippen molar-refractivity contribution in [3.05, 3.63) is 38.9 Å². The summed E-state index contributed by atoms with van der Waals surface area (Å²) in [5.41, 5.74) is 0.273. The maximum absolute atomic E-state index is 12.3. The van der Waals surface area contributed by atoms with E-state index in [4.69, 9.17) is 11.6 Å². The molecule has 0 spiro atoms. The number of nitro groups is 1. The van der Waals surface area contributed by atoms with Crippen molar-refractivity contribution in [3.8, 4) is 5.75 Å². The number of nitrogens with zero attached hydrogens (tertiary/aromatic N) is 1. The van der Waals surface area contributed by atoms with E-state index in [1.807, 2.05) is 0 Å². The molecule has 1 aliphatic rings. The van der Waals surface area contributed by atoms with Gasteiger partial charge in [-0.15, -0.1) is 0 Å². The second-order valence-corrected chi connectivity index (χ2v) is 4.98. The van der Waals surface area contributed by atoms with Crippen molar-refractivity contribution in [2.75, 3.05) is 0 Å². The van der Waals surface area contributed by atoms with Gasteiger partial charge in [0, 0.05) is 28.5 Å². The minimum Gasteiger partial charge on any atom is -0.434 e. The SMILES string of the molecule is O=C(NCc1cc(Cl)ccc1OC(F)F)[C@H]1C[C@@H]1[N+](=O)[O-]. The Morgan fingerprint density at radius 3 is 2.86 bits per heavy atom. The third-order valence-corrected chi connectivity index (χ3v) is 3.29. The molecule has 21 heavy (non-hydrogen) atoms. The highest BCUT2D eigenvalue weighted by atomic mass is 35.5. The molecule has 0 unspecified atom stereocenters. The Morgan fingerprint density at radius 1 is 1.57 bits per heavy atom. The largest absolute Gasteiger partial charge is 0.434 e. The van der Waals surface area contributed by atoms with Crippen molar-refractivity contribution in [2.45, 2.75) is 25.6 Å². The summed E-state index contributed by atoms with van der Waals surface area (Å²) >= 11 is 5.76. The number of alkyl halides is 2. The number of carbonyl (C=O) groups is 1. The molecule has 0 saturated heterocycles. The van der Waals surface area contributed by atoms with Gasteiger partial charge in [0.2, 0.25) is 11.9 Å². The number of benzene rings is 1. The summed E-state index contributed by atoms with van der Waals surface area (Å²) < 4.78 is 28.8. The van der Waals surface area contributed by atoms with Gasteiger partial charge in [-0.2, -0.15) is 8.78 Å². The minimum absolute atomic E-state index is 0.0949. The lowest BCUT2D eigenvalue weighted by Gasteiger charge is -2.11. The molecule has 1 aromatic rings. The van der Waals surface area contributed by atoms with Crippen molar-refractivity contribution in [2.24, 2.45) is 5.92 Å². The van der Waals surface area contributed by atoms with Crippen LogP contribution in [0.15, 0.2) is 18.2 Å². The number of nitrogens with one attached hydrogen (secondary N) is 1. The second-order valence-electron chi connectivity index (χ2n) is 4.54. The first-order valence-electron chi connectivity index (χ1n) is 6.03. The highest BCUT2D eigenvalue weighted by Crippen LogP contribution is 2.33. The number of carbonyl (C=O) groups excluding carboxylic acids is 1. The molecular weight excluding hydrogens is 310 g/mol. The van der Waals surface area contributed by atoms with Crippen molar-refractivity contribution in [1.82, 2.24) is 5.32 Å². The number of hydrogen-bond acceptors (Lipinski definition) is 4. The van der Waals surface area contributed by atoms with Crippen LogP contribution in [0.3, 0.4) is 0 Å². The Kier molecular flexibility index (Phi) is 4.56. The first kappa shape index (κ1) is 15.4. The van der Waals surface area contributed by atoms with Crippen molar-refractivity contribution >= 4 is 17.5 Å². The maximum Gasteiger partial charge on any atom is 0.387 e. The molecular formula is C12H11ClF2N2O4. The Hall–Kier alpha value is -1.96. The molecule has 0 aromatic heterocycles. The van der Waals surface area contributed by atoms with E-state index in [1.165, 1.54) is 18.2 Å². The number of hydrogen-bond donors (Lipinski definition) is 1. The van der Waals surface area contributed by atoms with Crippen LogP contribution in [0.1, 0.15) is 12.0 Å². The summed E-state index contributed by atoms with van der Waals surface area (Å²) in [6.07, 6.45) is 0.189. The van der Waals surface area contributed by atoms with Gasteiger partial charge in [-0.25, -0.2) is 0 Å². The zero-order valence-corrected chi connectivity index (χ0v) is 11.3. The molecule has 0 radical (unpaired) electrons. The third-order valence-electron chi connectivity index (χ3n) is 3.06. The number of ether oxygens (including phenoxy) is 1. The monoisotopic (exact) mass is 320 g/mol. The first-order chi connectivity index (χ1) is 9.88. The molecule has 0 bridgehead atoms. The molecule has 114 valence electrons. The number of halogens is 3. The predicted octanol–water partition coefficient (Wildman–Crippen LogP) is 2.22. The summed E-state index contributed by atoms with van der Waals surface area (Å²) in [5.74, 6) is -1.25. The van der Waals surface area contributed by atoms with Crippen molar-refractivity contribution in [1.29, 1.82) is 0 Å². The molecule has 1 N–H and O–H groups in total. The molecule has 1 saturated carbocycles. The van der Waals surface area contributed by atoms with Gasteiger partial charge in [0.1, 0.15) is 11.7 Å². The van der Waals surface area contributed by atoms with Crippen LogP contribution in [0.4, 0.5) is 8.78 Å². The average molecular weight is 321 g/mol. The molecule has 2 atom stereocenters. The van der Waals surface area contributed by atoms with E-state index in [0.29, 0.717) is 5.02 Å². The van der Waals surface area contributed by atoms with Gasteiger partial charge in [0.15, 0.2) is 0 Å². The van der Waals surface area contributed by atoms with E-state index in [1.54, 1.807) is 0 Å². The number of rotatable bonds is 6. The zero-order chi connectivity index (χ0) is 15.6. The number of amides is 1. The fourth-order valence-electron chi connectivity index (χ4n) is 1.91. The summed E-state index contributed by atoms with van der Waals surface area (Å²) in [7, 11) is 0.